The molecule has 7 nitrogen and oxygen atoms in total. The van der Waals surface area contributed by atoms with Gasteiger partial charge >= 0.3 is 0 Å². The van der Waals surface area contributed by atoms with Crippen LogP contribution in [0.1, 0.15) is 19.3 Å². The molecule has 4 atom stereocenters. The monoisotopic (exact) mass is 380 g/mol. The maximum absolute atomic E-state index is 14.8. The van der Waals surface area contributed by atoms with E-state index in [1.54, 1.807) is 24.5 Å². The average molecular weight is 380 g/mol. The Hall–Kier alpha value is -2.87. The number of hydrogen-bond donors (Lipinski definition) is 2. The van der Waals surface area contributed by atoms with E-state index in [9.17, 15) is 9.50 Å². The second kappa shape index (κ2) is 6.63. The summed E-state index contributed by atoms with van der Waals surface area (Å²) in [5.41, 5.74) is 1.19. The molecule has 0 amide bonds. The number of aromatic hydroxyl groups is 1. The smallest absolute Gasteiger partial charge is 0.185 e. The van der Waals surface area contributed by atoms with Crippen molar-refractivity contribution < 1.29 is 9.50 Å². The molecule has 28 heavy (non-hydrogen) atoms. The van der Waals surface area contributed by atoms with E-state index in [1.807, 2.05) is 24.1 Å². The third kappa shape index (κ3) is 2.84. The van der Waals surface area contributed by atoms with Crippen LogP contribution < -0.4 is 10.2 Å². The van der Waals surface area contributed by atoms with Gasteiger partial charge in [-0.15, -0.1) is 10.2 Å². The summed E-state index contributed by atoms with van der Waals surface area (Å²) >= 11 is 0. The van der Waals surface area contributed by atoms with Crippen molar-refractivity contribution in [2.45, 2.75) is 43.6 Å². The fourth-order valence-corrected chi connectivity index (χ4v) is 4.36. The Kier molecular flexibility index (Phi) is 4.08. The average Bonchev–Trinajstić information content (AvgIpc) is 3.13. The van der Waals surface area contributed by atoms with Gasteiger partial charge in [-0.25, -0.2) is 9.37 Å². The van der Waals surface area contributed by atoms with E-state index in [1.165, 1.54) is 0 Å². The van der Waals surface area contributed by atoms with Gasteiger partial charge < -0.3 is 15.3 Å². The molecule has 2 aromatic heterocycles. The van der Waals surface area contributed by atoms with Gasteiger partial charge in [-0.1, -0.05) is 6.07 Å². The number of benzene rings is 1. The molecule has 3 aromatic rings. The maximum Gasteiger partial charge on any atom is 0.185 e. The van der Waals surface area contributed by atoms with Crippen molar-refractivity contribution in [2.75, 3.05) is 11.9 Å². The lowest BCUT2D eigenvalue weighted by atomic mass is 9.96. The summed E-state index contributed by atoms with van der Waals surface area (Å²) in [5.74, 6) is 0.898. The van der Waals surface area contributed by atoms with Gasteiger partial charge in [-0.05, 0) is 31.4 Å². The van der Waals surface area contributed by atoms with Crippen LogP contribution in [0.15, 0.2) is 36.7 Å². The third-order valence-electron chi connectivity index (χ3n) is 5.92. The summed E-state index contributed by atoms with van der Waals surface area (Å²) in [6, 6.07) is 7.18. The molecule has 2 saturated heterocycles. The van der Waals surface area contributed by atoms with Crippen LogP contribution in [-0.2, 0) is 0 Å². The van der Waals surface area contributed by atoms with E-state index in [0.29, 0.717) is 28.8 Å². The lowest BCUT2D eigenvalue weighted by Crippen LogP contribution is -2.55. The molecule has 4 heterocycles. The first-order chi connectivity index (χ1) is 13.6. The number of hydrogen-bond acceptors (Lipinski definition) is 7. The van der Waals surface area contributed by atoms with E-state index in [-0.39, 0.29) is 17.8 Å². The van der Waals surface area contributed by atoms with Crippen LogP contribution in [-0.4, -0.2) is 56.6 Å². The minimum Gasteiger partial charge on any atom is -0.507 e. The number of nitrogens with one attached hydrogen (secondary N) is 1. The second-order valence-electron chi connectivity index (χ2n) is 7.61. The Morgan fingerprint density at radius 1 is 1.21 bits per heavy atom. The first kappa shape index (κ1) is 17.2. The Morgan fingerprint density at radius 3 is 2.93 bits per heavy atom. The van der Waals surface area contributed by atoms with Crippen molar-refractivity contribution in [1.29, 1.82) is 0 Å². The lowest BCUT2D eigenvalue weighted by Gasteiger charge is -2.38. The lowest BCUT2D eigenvalue weighted by molar-refractivity contribution is 0.176. The topological polar surface area (TPSA) is 87.1 Å². The van der Waals surface area contributed by atoms with Crippen LogP contribution in [0.4, 0.5) is 10.2 Å². The van der Waals surface area contributed by atoms with Gasteiger partial charge in [0.15, 0.2) is 11.6 Å². The van der Waals surface area contributed by atoms with Crippen molar-refractivity contribution in [3.05, 3.63) is 36.7 Å². The summed E-state index contributed by atoms with van der Waals surface area (Å²) < 4.78 is 14.8. The minimum atomic E-state index is -0.942. The molecule has 2 aliphatic heterocycles. The number of anilines is 1. The highest BCUT2D eigenvalue weighted by Crippen LogP contribution is 2.34. The van der Waals surface area contributed by atoms with Crippen LogP contribution in [0.25, 0.3) is 22.3 Å². The molecule has 0 saturated carbocycles. The van der Waals surface area contributed by atoms with Gasteiger partial charge in [0.1, 0.15) is 11.9 Å². The normalized spacial score (nSPS) is 26.5. The second-order valence-corrected chi connectivity index (χ2v) is 7.61. The van der Waals surface area contributed by atoms with Gasteiger partial charge in [0.25, 0.3) is 0 Å². The molecule has 5 rings (SSSR count). The number of phenols is 1. The number of rotatable bonds is 3. The van der Waals surface area contributed by atoms with Crippen LogP contribution in [0.2, 0.25) is 0 Å². The fraction of sp³-hybridized carbons (Fsp3) is 0.400. The molecular weight excluding hydrogens is 359 g/mol. The Morgan fingerprint density at radius 2 is 2.11 bits per heavy atom. The fourth-order valence-electron chi connectivity index (χ4n) is 4.36. The number of piperidine rings is 1. The number of aromatic nitrogens is 4. The van der Waals surface area contributed by atoms with Gasteiger partial charge in [-0.3, -0.25) is 4.98 Å². The minimum absolute atomic E-state index is 0.0489. The summed E-state index contributed by atoms with van der Waals surface area (Å²) in [6.45, 7) is 0. The molecule has 144 valence electrons. The molecule has 0 aliphatic carbocycles. The predicted octanol–water partition coefficient (Wildman–Crippen LogP) is 2.46. The van der Waals surface area contributed by atoms with Crippen molar-refractivity contribution in [3.63, 3.8) is 0 Å². The van der Waals surface area contributed by atoms with Crippen LogP contribution >= 0.6 is 0 Å². The molecule has 8 heteroatoms. The van der Waals surface area contributed by atoms with Gasteiger partial charge in [-0.2, -0.15) is 0 Å². The highest BCUT2D eigenvalue weighted by Gasteiger charge is 2.43. The number of phenolic OH excluding ortho intramolecular Hbond substituents is 1. The van der Waals surface area contributed by atoms with Crippen LogP contribution in [0, 0.1) is 0 Å². The quantitative estimate of drug-likeness (QED) is 0.722. The van der Waals surface area contributed by atoms with Gasteiger partial charge in [0.2, 0.25) is 0 Å². The zero-order chi connectivity index (χ0) is 19.3. The number of fused-ring (bicyclic) bond motifs is 3. The zero-order valence-corrected chi connectivity index (χ0v) is 15.5. The number of nitrogens with zero attached hydrogens (tertiary/aromatic N) is 5. The largest absolute Gasteiger partial charge is 0.507 e. The molecule has 3 unspecified atom stereocenters. The van der Waals surface area contributed by atoms with Crippen molar-refractivity contribution >= 4 is 16.7 Å². The third-order valence-corrected chi connectivity index (χ3v) is 5.92. The van der Waals surface area contributed by atoms with E-state index in [4.69, 9.17) is 0 Å². The SMILES string of the molecule is CN(c1cnc(-c2cc3cccnc3cc2O)nn1)C1CC2CCC(N2)[C@@H]1F. The summed E-state index contributed by atoms with van der Waals surface area (Å²) in [6.07, 6.45) is 4.98. The molecule has 2 N–H and O–H groups in total. The van der Waals surface area contributed by atoms with Crippen molar-refractivity contribution in [3.8, 4) is 17.1 Å². The van der Waals surface area contributed by atoms with E-state index in [2.05, 4.69) is 25.5 Å². The number of halogens is 1. The van der Waals surface area contributed by atoms with Crippen molar-refractivity contribution in [1.82, 2.24) is 25.5 Å². The Bertz CT molecular complexity index is 1010. The maximum atomic E-state index is 14.8. The van der Waals surface area contributed by atoms with E-state index in [0.717, 1.165) is 24.6 Å². The number of pyridine rings is 1. The molecule has 0 radical (unpaired) electrons. The predicted molar refractivity (Wildman–Crippen MR) is 104 cm³/mol. The molecule has 2 fully saturated rings. The molecule has 2 aliphatic rings. The van der Waals surface area contributed by atoms with Gasteiger partial charge in [0, 0.05) is 36.8 Å². The van der Waals surface area contributed by atoms with E-state index >= 15 is 0 Å². The molecule has 2 bridgehead atoms. The van der Waals surface area contributed by atoms with Crippen LogP contribution in [0.3, 0.4) is 0 Å². The standard InChI is InChI=1S/C20H21FN6O/c1-27(16-8-12-4-5-14(24-12)19(16)21)18-10-23-20(26-25-18)13-7-11-3-2-6-22-15(11)9-17(13)28/h2-3,6-7,9-10,12,14,16,19,24,28H,4-5,8H2,1H3/t12?,14?,16?,19-/m0/s1. The first-order valence-corrected chi connectivity index (χ1v) is 9.51. The highest BCUT2D eigenvalue weighted by molar-refractivity contribution is 5.86. The van der Waals surface area contributed by atoms with Crippen molar-refractivity contribution in [2.24, 2.45) is 0 Å². The van der Waals surface area contributed by atoms with Gasteiger partial charge in [0.05, 0.1) is 23.3 Å². The Labute approximate surface area is 161 Å². The molecule has 0 spiro atoms. The van der Waals surface area contributed by atoms with E-state index < -0.39 is 6.17 Å². The summed E-state index contributed by atoms with van der Waals surface area (Å²) in [7, 11) is 1.84. The zero-order valence-electron chi connectivity index (χ0n) is 15.5. The first-order valence-electron chi connectivity index (χ1n) is 9.51. The summed E-state index contributed by atoms with van der Waals surface area (Å²) in [5, 5.41) is 23.0. The molecule has 1 aromatic carbocycles. The highest BCUT2D eigenvalue weighted by atomic mass is 19.1. The Balaban J connectivity index is 1.42. The molecular formula is C20H21FN6O. The number of alkyl halides is 1. The van der Waals surface area contributed by atoms with Crippen LogP contribution in [0.5, 0.6) is 5.75 Å². The summed E-state index contributed by atoms with van der Waals surface area (Å²) in [4.78, 5) is 10.4.